The summed E-state index contributed by atoms with van der Waals surface area (Å²) in [7, 11) is 2.11. The van der Waals surface area contributed by atoms with E-state index in [1.807, 2.05) is 6.07 Å². The fourth-order valence-electron chi connectivity index (χ4n) is 4.20. The van der Waals surface area contributed by atoms with Crippen LogP contribution in [0.4, 0.5) is 0 Å². The molecule has 2 heterocycles. The Kier molecular flexibility index (Phi) is 6.75. The second-order valence-corrected chi connectivity index (χ2v) is 9.42. The SMILES string of the molecule is Cn1c(COc2ccc(Cl)cc2Cl)c(CCN2CCCCC2)c2cc(Br)ccc21. The molecule has 1 aliphatic heterocycles. The molecule has 3 aromatic rings. The third-order valence-corrected chi connectivity index (χ3v) is 6.81. The number of ether oxygens (including phenoxy) is 1. The second kappa shape index (κ2) is 9.30. The summed E-state index contributed by atoms with van der Waals surface area (Å²) >= 11 is 16.0. The van der Waals surface area contributed by atoms with Gasteiger partial charge in [0.05, 0.1) is 10.7 Å². The Labute approximate surface area is 190 Å². The van der Waals surface area contributed by atoms with Gasteiger partial charge in [0.2, 0.25) is 0 Å². The Hall–Kier alpha value is -1.20. The molecule has 29 heavy (non-hydrogen) atoms. The van der Waals surface area contributed by atoms with E-state index >= 15 is 0 Å². The van der Waals surface area contributed by atoms with Crippen molar-refractivity contribution in [2.45, 2.75) is 32.3 Å². The van der Waals surface area contributed by atoms with E-state index in [2.05, 4.69) is 50.6 Å². The third-order valence-electron chi connectivity index (χ3n) is 5.78. The zero-order chi connectivity index (χ0) is 20.4. The van der Waals surface area contributed by atoms with Crippen LogP contribution in [0.3, 0.4) is 0 Å². The van der Waals surface area contributed by atoms with E-state index in [-0.39, 0.29) is 0 Å². The zero-order valence-corrected chi connectivity index (χ0v) is 19.7. The van der Waals surface area contributed by atoms with Crippen LogP contribution in [0.25, 0.3) is 10.9 Å². The molecule has 4 rings (SSSR count). The standard InChI is InChI=1S/C23H25BrCl2N2O/c1-27-21-7-5-16(24)13-19(21)18(9-12-28-10-3-2-4-11-28)22(27)15-29-23-8-6-17(25)14-20(23)26/h5-8,13-14H,2-4,9-12,15H2,1H3. The number of rotatable bonds is 6. The Morgan fingerprint density at radius 1 is 1.03 bits per heavy atom. The van der Waals surface area contributed by atoms with Crippen LogP contribution in [0.1, 0.15) is 30.5 Å². The van der Waals surface area contributed by atoms with Gasteiger partial charge in [0.15, 0.2) is 0 Å². The molecule has 1 aliphatic rings. The van der Waals surface area contributed by atoms with Gasteiger partial charge in [0.25, 0.3) is 0 Å². The van der Waals surface area contributed by atoms with Crippen LogP contribution in [0.2, 0.25) is 10.0 Å². The first-order chi connectivity index (χ1) is 14.0. The van der Waals surface area contributed by atoms with Crippen molar-refractivity contribution in [1.82, 2.24) is 9.47 Å². The van der Waals surface area contributed by atoms with Crippen molar-refractivity contribution in [3.8, 4) is 5.75 Å². The van der Waals surface area contributed by atoms with Crippen molar-refractivity contribution in [3.63, 3.8) is 0 Å². The molecule has 3 nitrogen and oxygen atoms in total. The highest BCUT2D eigenvalue weighted by Crippen LogP contribution is 2.32. The van der Waals surface area contributed by atoms with Crippen LogP contribution in [0.15, 0.2) is 40.9 Å². The van der Waals surface area contributed by atoms with E-state index in [1.165, 1.54) is 54.5 Å². The zero-order valence-electron chi connectivity index (χ0n) is 16.6. The van der Waals surface area contributed by atoms with Crippen molar-refractivity contribution >= 4 is 50.0 Å². The molecule has 0 amide bonds. The van der Waals surface area contributed by atoms with E-state index in [4.69, 9.17) is 27.9 Å². The van der Waals surface area contributed by atoms with E-state index in [0.29, 0.717) is 22.4 Å². The van der Waals surface area contributed by atoms with Gasteiger partial charge in [0, 0.05) is 34.0 Å². The fraction of sp³-hybridized carbons (Fsp3) is 0.391. The lowest BCUT2D eigenvalue weighted by Crippen LogP contribution is -2.31. The van der Waals surface area contributed by atoms with Crippen molar-refractivity contribution in [1.29, 1.82) is 0 Å². The van der Waals surface area contributed by atoms with Gasteiger partial charge < -0.3 is 14.2 Å². The van der Waals surface area contributed by atoms with Crippen molar-refractivity contribution < 1.29 is 4.74 Å². The monoisotopic (exact) mass is 494 g/mol. The first-order valence-electron chi connectivity index (χ1n) is 10.1. The lowest BCUT2D eigenvalue weighted by atomic mass is 10.1. The third kappa shape index (κ3) is 4.77. The molecule has 1 saturated heterocycles. The maximum Gasteiger partial charge on any atom is 0.138 e. The maximum atomic E-state index is 6.31. The van der Waals surface area contributed by atoms with Gasteiger partial charge in [-0.3, -0.25) is 0 Å². The van der Waals surface area contributed by atoms with Gasteiger partial charge in [0.1, 0.15) is 12.4 Å². The predicted octanol–water partition coefficient (Wildman–Crippen LogP) is 6.86. The smallest absolute Gasteiger partial charge is 0.138 e. The molecular formula is C23H25BrCl2N2O. The normalized spacial score (nSPS) is 15.2. The number of piperidine rings is 1. The number of aryl methyl sites for hydroxylation is 1. The van der Waals surface area contributed by atoms with Gasteiger partial charge >= 0.3 is 0 Å². The number of hydrogen-bond donors (Lipinski definition) is 0. The Morgan fingerprint density at radius 3 is 2.59 bits per heavy atom. The number of aromatic nitrogens is 1. The summed E-state index contributed by atoms with van der Waals surface area (Å²) in [5.74, 6) is 0.657. The van der Waals surface area contributed by atoms with Crippen LogP contribution in [-0.4, -0.2) is 29.1 Å². The minimum absolute atomic E-state index is 0.472. The Bertz CT molecular complexity index is 1010. The van der Waals surface area contributed by atoms with Crippen LogP contribution < -0.4 is 4.74 Å². The second-order valence-electron chi connectivity index (χ2n) is 7.66. The molecule has 0 saturated carbocycles. The van der Waals surface area contributed by atoms with Crippen LogP contribution in [0, 0.1) is 0 Å². The molecule has 154 valence electrons. The Morgan fingerprint density at radius 2 is 1.83 bits per heavy atom. The van der Waals surface area contributed by atoms with Crippen LogP contribution in [-0.2, 0) is 20.1 Å². The molecule has 6 heteroatoms. The highest BCUT2D eigenvalue weighted by molar-refractivity contribution is 9.10. The molecule has 0 unspecified atom stereocenters. The highest BCUT2D eigenvalue weighted by atomic mass is 79.9. The number of hydrogen-bond acceptors (Lipinski definition) is 2. The van der Waals surface area contributed by atoms with Crippen molar-refractivity contribution in [2.75, 3.05) is 19.6 Å². The molecule has 0 atom stereocenters. The maximum absolute atomic E-state index is 6.31. The van der Waals surface area contributed by atoms with E-state index in [1.54, 1.807) is 12.1 Å². The average Bonchev–Trinajstić information content (AvgIpc) is 2.97. The van der Waals surface area contributed by atoms with E-state index in [0.717, 1.165) is 17.4 Å². The minimum Gasteiger partial charge on any atom is -0.486 e. The van der Waals surface area contributed by atoms with Gasteiger partial charge in [-0.2, -0.15) is 0 Å². The fourth-order valence-corrected chi connectivity index (χ4v) is 5.02. The summed E-state index contributed by atoms with van der Waals surface area (Å²) in [5.41, 5.74) is 3.78. The van der Waals surface area contributed by atoms with Crippen molar-refractivity contribution in [2.24, 2.45) is 7.05 Å². The lowest BCUT2D eigenvalue weighted by molar-refractivity contribution is 0.231. The summed E-state index contributed by atoms with van der Waals surface area (Å²) < 4.78 is 9.46. The lowest BCUT2D eigenvalue weighted by Gasteiger charge is -2.26. The van der Waals surface area contributed by atoms with E-state index < -0.39 is 0 Å². The predicted molar refractivity (Wildman–Crippen MR) is 125 cm³/mol. The first-order valence-corrected chi connectivity index (χ1v) is 11.6. The van der Waals surface area contributed by atoms with Crippen LogP contribution >= 0.6 is 39.1 Å². The van der Waals surface area contributed by atoms with Gasteiger partial charge in [-0.25, -0.2) is 0 Å². The highest BCUT2D eigenvalue weighted by Gasteiger charge is 2.18. The first kappa shape index (κ1) is 21.0. The Balaban J connectivity index is 1.62. The molecule has 0 radical (unpaired) electrons. The molecule has 1 fully saturated rings. The van der Waals surface area contributed by atoms with Gasteiger partial charge in [-0.05, 0) is 74.3 Å². The number of fused-ring (bicyclic) bond motifs is 1. The quantitative estimate of drug-likeness (QED) is 0.371. The van der Waals surface area contributed by atoms with E-state index in [9.17, 15) is 0 Å². The summed E-state index contributed by atoms with van der Waals surface area (Å²) in [5, 5.41) is 2.44. The average molecular weight is 496 g/mol. The summed E-state index contributed by atoms with van der Waals surface area (Å²) in [6.45, 7) is 3.97. The molecular weight excluding hydrogens is 471 g/mol. The number of benzene rings is 2. The van der Waals surface area contributed by atoms with Gasteiger partial charge in [-0.15, -0.1) is 0 Å². The topological polar surface area (TPSA) is 17.4 Å². The summed E-state index contributed by atoms with van der Waals surface area (Å²) in [6, 6.07) is 11.8. The summed E-state index contributed by atoms with van der Waals surface area (Å²) in [6.07, 6.45) is 5.00. The largest absolute Gasteiger partial charge is 0.486 e. The minimum atomic E-state index is 0.472. The number of halogens is 3. The van der Waals surface area contributed by atoms with Gasteiger partial charge in [-0.1, -0.05) is 45.6 Å². The van der Waals surface area contributed by atoms with Crippen LogP contribution in [0.5, 0.6) is 5.75 Å². The molecule has 0 N–H and O–H groups in total. The molecule has 0 spiro atoms. The number of likely N-dealkylation sites (tertiary alicyclic amines) is 1. The molecule has 0 aliphatic carbocycles. The summed E-state index contributed by atoms with van der Waals surface area (Å²) in [4.78, 5) is 2.58. The molecule has 0 bridgehead atoms. The molecule has 1 aromatic heterocycles. The number of nitrogens with zero attached hydrogens (tertiary/aromatic N) is 2. The van der Waals surface area contributed by atoms with Crippen molar-refractivity contribution in [3.05, 3.63) is 62.2 Å². The molecule has 2 aromatic carbocycles.